The summed E-state index contributed by atoms with van der Waals surface area (Å²) in [7, 11) is 0. The molecule has 0 bridgehead atoms. The van der Waals surface area contributed by atoms with Crippen molar-refractivity contribution in [3.63, 3.8) is 0 Å². The van der Waals surface area contributed by atoms with Crippen LogP contribution in [-0.4, -0.2) is 29.6 Å². The number of thiocarbonyl (C=S) groups is 1. The van der Waals surface area contributed by atoms with E-state index in [1.54, 1.807) is 48.5 Å². The van der Waals surface area contributed by atoms with Crippen molar-refractivity contribution in [2.45, 2.75) is 33.2 Å². The van der Waals surface area contributed by atoms with Gasteiger partial charge in [0.15, 0.2) is 5.11 Å². The number of benzene rings is 2. The Hall–Kier alpha value is -2.93. The molecule has 0 aromatic heterocycles. The molecular weight excluding hydrogens is 374 g/mol. The quantitative estimate of drug-likeness (QED) is 0.618. The molecule has 0 heterocycles. The normalized spacial score (nSPS) is 10.3. The van der Waals surface area contributed by atoms with Gasteiger partial charge >= 0.3 is 0 Å². The van der Waals surface area contributed by atoms with Crippen molar-refractivity contribution in [1.29, 1.82) is 0 Å². The first kappa shape index (κ1) is 21.4. The zero-order valence-electron chi connectivity index (χ0n) is 16.2. The Morgan fingerprint density at radius 1 is 1.04 bits per heavy atom. The number of rotatable bonds is 7. The number of nitrogens with one attached hydrogen (secondary N) is 3. The molecule has 0 aliphatic rings. The summed E-state index contributed by atoms with van der Waals surface area (Å²) in [5.41, 5.74) is 1.57. The monoisotopic (exact) mass is 399 g/mol. The lowest BCUT2D eigenvalue weighted by Crippen LogP contribution is -2.34. The number of anilines is 1. The van der Waals surface area contributed by atoms with Gasteiger partial charge in [-0.05, 0) is 68.9 Å². The van der Waals surface area contributed by atoms with Crippen LogP contribution in [0.5, 0.6) is 5.75 Å². The van der Waals surface area contributed by atoms with Crippen LogP contribution in [0.1, 0.15) is 47.9 Å². The van der Waals surface area contributed by atoms with Gasteiger partial charge in [-0.15, -0.1) is 0 Å². The van der Waals surface area contributed by atoms with Gasteiger partial charge in [0.1, 0.15) is 5.75 Å². The molecule has 0 fully saturated rings. The molecule has 0 aliphatic carbocycles. The minimum Gasteiger partial charge on any atom is -0.494 e. The Balaban J connectivity index is 1.98. The third-order valence-corrected chi connectivity index (χ3v) is 3.80. The van der Waals surface area contributed by atoms with Crippen LogP contribution in [0.2, 0.25) is 0 Å². The maximum absolute atomic E-state index is 12.4. The molecule has 0 saturated heterocycles. The Bertz CT molecular complexity index is 852. The maximum Gasteiger partial charge on any atom is 0.257 e. The van der Waals surface area contributed by atoms with Crippen molar-refractivity contribution in [3.05, 3.63) is 59.7 Å². The molecule has 0 unspecified atom stereocenters. The average molecular weight is 400 g/mol. The topological polar surface area (TPSA) is 79.5 Å². The van der Waals surface area contributed by atoms with E-state index < -0.39 is 0 Å². The molecule has 28 heavy (non-hydrogen) atoms. The van der Waals surface area contributed by atoms with Crippen LogP contribution in [0.15, 0.2) is 48.5 Å². The molecule has 0 saturated carbocycles. The highest BCUT2D eigenvalue weighted by Crippen LogP contribution is 2.14. The summed E-state index contributed by atoms with van der Waals surface area (Å²) in [5, 5.41) is 8.54. The van der Waals surface area contributed by atoms with Gasteiger partial charge in [0, 0.05) is 22.9 Å². The predicted molar refractivity (Wildman–Crippen MR) is 115 cm³/mol. The van der Waals surface area contributed by atoms with Crippen LogP contribution in [0.3, 0.4) is 0 Å². The summed E-state index contributed by atoms with van der Waals surface area (Å²) in [6, 6.07) is 13.9. The highest BCUT2D eigenvalue weighted by molar-refractivity contribution is 7.80. The van der Waals surface area contributed by atoms with Gasteiger partial charge in [0.05, 0.1) is 6.61 Å². The summed E-state index contributed by atoms with van der Waals surface area (Å²) in [6.45, 7) is 6.40. The molecule has 0 spiro atoms. The molecule has 6 nitrogen and oxygen atoms in total. The number of carbonyl (C=O) groups excluding carboxylic acids is 2. The Morgan fingerprint density at radius 3 is 2.39 bits per heavy atom. The van der Waals surface area contributed by atoms with E-state index in [1.807, 2.05) is 20.8 Å². The number of ether oxygens (including phenoxy) is 1. The number of carbonyl (C=O) groups is 2. The zero-order chi connectivity index (χ0) is 20.5. The summed E-state index contributed by atoms with van der Waals surface area (Å²) in [6.07, 6.45) is 0.888. The van der Waals surface area contributed by atoms with E-state index >= 15 is 0 Å². The van der Waals surface area contributed by atoms with Crippen LogP contribution < -0.4 is 20.7 Å². The molecule has 0 radical (unpaired) electrons. The molecule has 148 valence electrons. The molecule has 2 rings (SSSR count). The lowest BCUT2D eigenvalue weighted by molar-refractivity contribution is 0.0941. The maximum atomic E-state index is 12.4. The SMILES string of the molecule is CCCOc1cccc(C(=O)NC(=S)Nc2cccc(C(=O)NC(C)C)c2)c1. The first-order chi connectivity index (χ1) is 13.4. The van der Waals surface area contributed by atoms with Gasteiger partial charge in [-0.3, -0.25) is 14.9 Å². The Labute approximate surface area is 170 Å². The van der Waals surface area contributed by atoms with Crippen molar-refractivity contribution in [2.75, 3.05) is 11.9 Å². The molecule has 2 amide bonds. The third-order valence-electron chi connectivity index (χ3n) is 3.60. The average Bonchev–Trinajstić information content (AvgIpc) is 2.66. The molecule has 0 atom stereocenters. The number of hydrogen-bond donors (Lipinski definition) is 3. The first-order valence-corrected chi connectivity index (χ1v) is 9.56. The van der Waals surface area contributed by atoms with E-state index in [4.69, 9.17) is 17.0 Å². The number of amides is 2. The van der Waals surface area contributed by atoms with Crippen molar-refractivity contribution in [2.24, 2.45) is 0 Å². The van der Waals surface area contributed by atoms with Crippen LogP contribution in [-0.2, 0) is 0 Å². The van der Waals surface area contributed by atoms with Crippen molar-refractivity contribution < 1.29 is 14.3 Å². The second-order valence-electron chi connectivity index (χ2n) is 6.49. The van der Waals surface area contributed by atoms with E-state index in [9.17, 15) is 9.59 Å². The summed E-state index contributed by atoms with van der Waals surface area (Å²) in [4.78, 5) is 24.5. The second-order valence-corrected chi connectivity index (χ2v) is 6.90. The summed E-state index contributed by atoms with van der Waals surface area (Å²) >= 11 is 5.22. The Kier molecular flexibility index (Phi) is 7.95. The Morgan fingerprint density at radius 2 is 1.71 bits per heavy atom. The lowest BCUT2D eigenvalue weighted by Gasteiger charge is -2.12. The largest absolute Gasteiger partial charge is 0.494 e. The van der Waals surface area contributed by atoms with Crippen LogP contribution >= 0.6 is 12.2 Å². The van der Waals surface area contributed by atoms with Crippen LogP contribution in [0.25, 0.3) is 0 Å². The summed E-state index contributed by atoms with van der Waals surface area (Å²) < 4.78 is 5.54. The fourth-order valence-electron chi connectivity index (χ4n) is 2.37. The minimum absolute atomic E-state index is 0.0431. The van der Waals surface area contributed by atoms with Gasteiger partial charge in [0.2, 0.25) is 0 Å². The van der Waals surface area contributed by atoms with E-state index in [1.165, 1.54) is 0 Å². The van der Waals surface area contributed by atoms with Crippen molar-refractivity contribution in [1.82, 2.24) is 10.6 Å². The van der Waals surface area contributed by atoms with Crippen molar-refractivity contribution in [3.8, 4) is 5.75 Å². The fraction of sp³-hybridized carbons (Fsp3) is 0.286. The van der Waals surface area contributed by atoms with Crippen LogP contribution in [0, 0.1) is 0 Å². The van der Waals surface area contributed by atoms with Gasteiger partial charge in [0.25, 0.3) is 11.8 Å². The van der Waals surface area contributed by atoms with Crippen LogP contribution in [0.4, 0.5) is 5.69 Å². The zero-order valence-corrected chi connectivity index (χ0v) is 17.1. The lowest BCUT2D eigenvalue weighted by atomic mass is 10.2. The third kappa shape index (κ3) is 6.66. The minimum atomic E-state index is -0.340. The summed E-state index contributed by atoms with van der Waals surface area (Å²) in [5.74, 6) is 0.128. The molecule has 7 heteroatoms. The van der Waals surface area contributed by atoms with E-state index in [2.05, 4.69) is 16.0 Å². The fourth-order valence-corrected chi connectivity index (χ4v) is 2.58. The smallest absolute Gasteiger partial charge is 0.257 e. The van der Waals surface area contributed by atoms with Gasteiger partial charge in [-0.2, -0.15) is 0 Å². The standard InChI is InChI=1S/C21H25N3O3S/c1-4-11-27-18-10-6-8-16(13-18)20(26)24-21(28)23-17-9-5-7-15(12-17)19(25)22-14(2)3/h5-10,12-14H,4,11H2,1-3H3,(H,22,25)(H2,23,24,26,28). The second kappa shape index (κ2) is 10.4. The molecule has 2 aromatic carbocycles. The highest BCUT2D eigenvalue weighted by Gasteiger charge is 2.11. The highest BCUT2D eigenvalue weighted by atomic mass is 32.1. The first-order valence-electron chi connectivity index (χ1n) is 9.15. The predicted octanol–water partition coefficient (Wildman–Crippen LogP) is 3.74. The molecule has 0 aliphatic heterocycles. The van der Waals surface area contributed by atoms with Gasteiger partial charge < -0.3 is 15.4 Å². The van der Waals surface area contributed by atoms with E-state index in [0.29, 0.717) is 29.2 Å². The van der Waals surface area contributed by atoms with E-state index in [0.717, 1.165) is 6.42 Å². The molecule has 3 N–H and O–H groups in total. The molecular formula is C21H25N3O3S. The van der Waals surface area contributed by atoms with Gasteiger partial charge in [-0.25, -0.2) is 0 Å². The molecule has 2 aromatic rings. The number of hydrogen-bond acceptors (Lipinski definition) is 4. The van der Waals surface area contributed by atoms with E-state index in [-0.39, 0.29) is 23.0 Å². The van der Waals surface area contributed by atoms with Crippen molar-refractivity contribution >= 4 is 34.8 Å². The van der Waals surface area contributed by atoms with Gasteiger partial charge in [-0.1, -0.05) is 19.1 Å².